The Hall–Kier alpha value is -1.08. The molecule has 11 heteroatoms. The summed E-state index contributed by atoms with van der Waals surface area (Å²) in [5.74, 6) is 2.20. The van der Waals surface area contributed by atoms with Crippen LogP contribution in [0.25, 0.3) is 0 Å². The van der Waals surface area contributed by atoms with Crippen molar-refractivity contribution in [3.63, 3.8) is 0 Å². The molecule has 2 N–H and O–H groups in total. The van der Waals surface area contributed by atoms with Gasteiger partial charge in [-0.15, -0.1) is 0 Å². The van der Waals surface area contributed by atoms with Crippen molar-refractivity contribution in [2.45, 2.75) is 189 Å². The maximum atomic E-state index is 11.5. The third-order valence-corrected chi connectivity index (χ3v) is 11.8. The van der Waals surface area contributed by atoms with Crippen LogP contribution in [0.5, 0.6) is 0 Å². The fraction of sp³-hybridized carbons (Fsp3) is 0.907. The zero-order valence-electron chi connectivity index (χ0n) is 36.1. The van der Waals surface area contributed by atoms with Crippen molar-refractivity contribution in [3.8, 4) is 0 Å². The Labute approximate surface area is 350 Å². The predicted molar refractivity (Wildman–Crippen MR) is 217 cm³/mol. The first-order valence-corrected chi connectivity index (χ1v) is 21.7. The molecular weight excluding hydrogens is 747 g/mol. The number of carbonyl (C=O) groups is 4. The Morgan fingerprint density at radius 1 is 0.574 bits per heavy atom. The van der Waals surface area contributed by atoms with E-state index in [1.54, 1.807) is 0 Å². The number of methoxy groups -OCH3 is 3. The van der Waals surface area contributed by atoms with Gasteiger partial charge in [0.15, 0.2) is 0 Å². The molecular formula is C43H80BrLiO9. The molecule has 0 heterocycles. The predicted octanol–water partition coefficient (Wildman–Crippen LogP) is 8.71. The molecule has 0 aromatic rings. The number of aliphatic carboxylic acids is 1. The van der Waals surface area contributed by atoms with E-state index in [0.717, 1.165) is 37.0 Å². The number of halogens is 1. The van der Waals surface area contributed by atoms with Crippen molar-refractivity contribution in [3.05, 3.63) is 0 Å². The van der Waals surface area contributed by atoms with Crippen LogP contribution >= 0.6 is 15.9 Å². The molecule has 54 heavy (non-hydrogen) atoms. The largest absolute Gasteiger partial charge is 1.00 e. The molecule has 4 aliphatic rings. The van der Waals surface area contributed by atoms with Gasteiger partial charge in [0.05, 0.1) is 32.2 Å². The standard InChI is InChI=1S/C12H22O2.C11H20O2.C10H18O2.C7H14.C3H5BrO2.Li.H2O/c1-12(2,11(13)14-3)9-10-7-5-4-6-8-10;1-11(2,10(12)13)8-9-6-4-3-5-7-9;1-12-10(11)8-7-9-5-3-2-4-6-9;1-7-5-3-2-4-6-7;1-6-3(5)2-4;;/h10H,4-9H2,1-3H3;9H,3-8H2,1-2H3,(H,12,13);9H,2-8H2,1H3;7H,2-6H2,1H3;2H2,1H3;;1H2/q;;;;;+1;/p-1. The Morgan fingerprint density at radius 2 is 0.926 bits per heavy atom. The molecule has 0 atom stereocenters. The quantitative estimate of drug-likeness (QED) is 0.0989. The molecule has 0 aromatic carbocycles. The third kappa shape index (κ3) is 29.2. The smallest absolute Gasteiger partial charge is 0.870 e. The van der Waals surface area contributed by atoms with Crippen LogP contribution in [0.3, 0.4) is 0 Å². The summed E-state index contributed by atoms with van der Waals surface area (Å²) in [6, 6.07) is 0. The van der Waals surface area contributed by atoms with E-state index in [2.05, 4.69) is 32.3 Å². The number of carboxylic acids is 1. The normalized spacial score (nSPS) is 18.2. The Morgan fingerprint density at radius 3 is 1.20 bits per heavy atom. The zero-order chi connectivity index (χ0) is 39.4. The van der Waals surface area contributed by atoms with Crippen molar-refractivity contribution in [1.82, 2.24) is 0 Å². The van der Waals surface area contributed by atoms with Gasteiger partial charge >= 0.3 is 42.7 Å². The van der Waals surface area contributed by atoms with Crippen LogP contribution in [0, 0.1) is 34.5 Å². The van der Waals surface area contributed by atoms with Crippen molar-refractivity contribution in [1.29, 1.82) is 0 Å². The van der Waals surface area contributed by atoms with Crippen LogP contribution in [0.4, 0.5) is 0 Å². The second-order valence-electron chi connectivity index (χ2n) is 17.1. The molecule has 4 fully saturated rings. The van der Waals surface area contributed by atoms with Gasteiger partial charge in [-0.1, -0.05) is 151 Å². The van der Waals surface area contributed by atoms with Gasteiger partial charge in [-0.25, -0.2) is 0 Å². The van der Waals surface area contributed by atoms with E-state index < -0.39 is 11.4 Å². The summed E-state index contributed by atoms with van der Waals surface area (Å²) >= 11 is 2.90. The monoisotopic (exact) mass is 827 g/mol. The van der Waals surface area contributed by atoms with Gasteiger partial charge in [0.25, 0.3) is 0 Å². The maximum Gasteiger partial charge on any atom is 1.00 e. The average molecular weight is 828 g/mol. The van der Waals surface area contributed by atoms with E-state index in [1.807, 2.05) is 27.7 Å². The maximum absolute atomic E-state index is 11.5. The van der Waals surface area contributed by atoms with Crippen molar-refractivity contribution in [2.75, 3.05) is 26.7 Å². The van der Waals surface area contributed by atoms with Crippen LogP contribution in [0.1, 0.15) is 189 Å². The van der Waals surface area contributed by atoms with Crippen LogP contribution < -0.4 is 18.9 Å². The van der Waals surface area contributed by atoms with E-state index in [9.17, 15) is 19.2 Å². The summed E-state index contributed by atoms with van der Waals surface area (Å²) < 4.78 is 13.6. The number of esters is 3. The van der Waals surface area contributed by atoms with Gasteiger partial charge < -0.3 is 24.8 Å². The number of hydrogen-bond acceptors (Lipinski definition) is 8. The number of hydrogen-bond donors (Lipinski definition) is 1. The average Bonchev–Trinajstić information content (AvgIpc) is 3.15. The zero-order valence-corrected chi connectivity index (χ0v) is 37.7. The fourth-order valence-corrected chi connectivity index (χ4v) is 8.16. The molecule has 0 spiro atoms. The third-order valence-electron chi connectivity index (χ3n) is 11.3. The van der Waals surface area contributed by atoms with Gasteiger partial charge in [0.1, 0.15) is 5.33 Å². The minimum atomic E-state index is -0.655. The number of alkyl halides is 1. The molecule has 0 unspecified atom stereocenters. The SMILES string of the molecule is CC(C)(CC1CCCCC1)C(=O)O.CC1CCCCC1.COC(=O)C(C)(C)CC1CCCCC1.COC(=O)CBr.COC(=O)CCC1CCCCC1.[Li+].[OH-]. The van der Waals surface area contributed by atoms with Gasteiger partial charge in [0.2, 0.25) is 0 Å². The molecule has 9 nitrogen and oxygen atoms in total. The van der Waals surface area contributed by atoms with Gasteiger partial charge in [-0.3, -0.25) is 19.2 Å². The molecule has 0 bridgehead atoms. The van der Waals surface area contributed by atoms with Crippen molar-refractivity contribution < 1.29 is 62.8 Å². The number of carbonyl (C=O) groups excluding carboxylic acids is 3. The number of ether oxygens (including phenoxy) is 3. The first-order valence-electron chi connectivity index (χ1n) is 20.6. The minimum Gasteiger partial charge on any atom is -0.870 e. The number of rotatable bonds is 10. The van der Waals surface area contributed by atoms with E-state index in [-0.39, 0.29) is 53.0 Å². The van der Waals surface area contributed by atoms with Crippen molar-refractivity contribution in [2.24, 2.45) is 34.5 Å². The van der Waals surface area contributed by atoms with Gasteiger partial charge in [-0.05, 0) is 70.6 Å². The summed E-state index contributed by atoms with van der Waals surface area (Å²) in [6.07, 6.45) is 30.7. The van der Waals surface area contributed by atoms with Gasteiger partial charge in [0, 0.05) is 6.42 Å². The molecule has 0 saturated heterocycles. The summed E-state index contributed by atoms with van der Waals surface area (Å²) in [6.45, 7) is 10.0. The van der Waals surface area contributed by atoms with Crippen LogP contribution in [0.15, 0.2) is 0 Å². The molecule has 0 radical (unpaired) electrons. The van der Waals surface area contributed by atoms with E-state index in [4.69, 9.17) is 9.84 Å². The topological polar surface area (TPSA) is 146 Å². The van der Waals surface area contributed by atoms with E-state index in [1.165, 1.54) is 150 Å². The summed E-state index contributed by atoms with van der Waals surface area (Å²) in [5, 5.41) is 9.25. The molecule has 4 aliphatic carbocycles. The summed E-state index contributed by atoms with van der Waals surface area (Å²) in [5.41, 5.74) is -0.821. The molecule has 0 aliphatic heterocycles. The molecule has 0 amide bonds. The fourth-order valence-electron chi connectivity index (χ4n) is 7.93. The Balaban J connectivity index is -0.000000615. The van der Waals surface area contributed by atoms with Crippen LogP contribution in [-0.2, 0) is 33.4 Å². The van der Waals surface area contributed by atoms with Gasteiger partial charge in [-0.2, -0.15) is 0 Å². The Bertz CT molecular complexity index is 945. The molecule has 314 valence electrons. The number of carboxylic acid groups (broad SMARTS) is 1. The molecule has 4 rings (SSSR count). The van der Waals surface area contributed by atoms with Crippen LogP contribution in [-0.4, -0.2) is 61.1 Å². The van der Waals surface area contributed by atoms with Crippen molar-refractivity contribution >= 4 is 39.8 Å². The summed E-state index contributed by atoms with van der Waals surface area (Å²) in [7, 11) is 4.29. The van der Waals surface area contributed by atoms with E-state index >= 15 is 0 Å². The second-order valence-corrected chi connectivity index (χ2v) is 17.6. The summed E-state index contributed by atoms with van der Waals surface area (Å²) in [4.78, 5) is 43.1. The van der Waals surface area contributed by atoms with E-state index in [0.29, 0.717) is 12.3 Å². The second kappa shape index (κ2) is 34.0. The Kier molecular flexibility index (Phi) is 36.0. The molecule has 4 saturated carbocycles. The van der Waals surface area contributed by atoms with Crippen LogP contribution in [0.2, 0.25) is 0 Å². The first-order chi connectivity index (χ1) is 24.6. The molecule has 0 aromatic heterocycles. The first kappa shape index (κ1) is 57.2. The minimum absolute atomic E-state index is 0.